The number of fused-ring (bicyclic) bond motifs is 1. The van der Waals surface area contributed by atoms with E-state index in [-0.39, 0.29) is 0 Å². The van der Waals surface area contributed by atoms with Gasteiger partial charge in [0.15, 0.2) is 0 Å². The minimum Gasteiger partial charge on any atom is -0.313 e. The molecule has 3 aromatic rings. The predicted octanol–water partition coefficient (Wildman–Crippen LogP) is 4.57. The molecule has 0 aliphatic heterocycles. The lowest BCUT2D eigenvalue weighted by Crippen LogP contribution is -2.14. The van der Waals surface area contributed by atoms with Crippen LogP contribution in [0.3, 0.4) is 0 Å². The quantitative estimate of drug-likeness (QED) is 0.755. The van der Waals surface area contributed by atoms with Gasteiger partial charge in [0.1, 0.15) is 0 Å². The van der Waals surface area contributed by atoms with Crippen LogP contribution in [0.4, 0.5) is 0 Å². The van der Waals surface area contributed by atoms with Crippen molar-refractivity contribution >= 4 is 10.9 Å². The van der Waals surface area contributed by atoms with E-state index in [2.05, 4.69) is 65.8 Å². The molecule has 2 heteroatoms. The van der Waals surface area contributed by atoms with E-state index in [1.807, 2.05) is 19.3 Å². The number of nitrogens with zero attached hydrogens (tertiary/aromatic N) is 1. The zero-order chi connectivity index (χ0) is 14.7. The second-order valence-corrected chi connectivity index (χ2v) is 5.28. The van der Waals surface area contributed by atoms with Crippen molar-refractivity contribution in [1.29, 1.82) is 0 Å². The van der Waals surface area contributed by atoms with Crippen molar-refractivity contribution in [3.05, 3.63) is 66.4 Å². The molecule has 21 heavy (non-hydrogen) atoms. The zero-order valence-corrected chi connectivity index (χ0v) is 12.5. The largest absolute Gasteiger partial charge is 0.313 e. The van der Waals surface area contributed by atoms with Crippen molar-refractivity contribution in [3.63, 3.8) is 0 Å². The maximum atomic E-state index is 4.43. The Bertz CT molecular complexity index is 728. The highest BCUT2D eigenvalue weighted by Gasteiger charge is 2.06. The molecule has 2 aromatic carbocycles. The third-order valence-corrected chi connectivity index (χ3v) is 4.01. The van der Waals surface area contributed by atoms with E-state index in [1.54, 1.807) is 0 Å². The first-order valence-electron chi connectivity index (χ1n) is 7.44. The highest BCUT2D eigenvalue weighted by molar-refractivity contribution is 5.84. The maximum absolute atomic E-state index is 4.43. The fourth-order valence-corrected chi connectivity index (χ4v) is 2.76. The van der Waals surface area contributed by atoms with Crippen molar-refractivity contribution in [3.8, 4) is 11.1 Å². The Morgan fingerprint density at radius 3 is 2.48 bits per heavy atom. The number of aromatic nitrogens is 1. The summed E-state index contributed by atoms with van der Waals surface area (Å²) in [7, 11) is 2.01. The van der Waals surface area contributed by atoms with E-state index in [1.165, 1.54) is 22.1 Å². The Kier molecular flexibility index (Phi) is 3.98. The average molecular weight is 276 g/mol. The van der Waals surface area contributed by atoms with E-state index in [4.69, 9.17) is 0 Å². The van der Waals surface area contributed by atoms with Gasteiger partial charge in [-0.25, -0.2) is 0 Å². The molecular weight excluding hydrogens is 256 g/mol. The molecule has 1 aromatic heterocycles. The smallest absolute Gasteiger partial charge is 0.0708 e. The van der Waals surface area contributed by atoms with Crippen molar-refractivity contribution < 1.29 is 0 Å². The van der Waals surface area contributed by atoms with E-state index in [0.717, 1.165) is 11.9 Å². The summed E-state index contributed by atoms with van der Waals surface area (Å²) in [6.45, 7) is 2.20. The monoisotopic (exact) mass is 276 g/mol. The molecule has 0 bridgehead atoms. The SMILES string of the molecule is CCC(NC)c1ccc(-c2ccc3cccnc3c2)cc1. The molecule has 0 spiro atoms. The summed E-state index contributed by atoms with van der Waals surface area (Å²) in [5.74, 6) is 0. The number of pyridine rings is 1. The number of nitrogens with one attached hydrogen (secondary N) is 1. The number of benzene rings is 2. The van der Waals surface area contributed by atoms with Crippen LogP contribution in [0.15, 0.2) is 60.8 Å². The van der Waals surface area contributed by atoms with Gasteiger partial charge in [-0.05, 0) is 42.3 Å². The van der Waals surface area contributed by atoms with Crippen LogP contribution in [0.2, 0.25) is 0 Å². The number of hydrogen-bond acceptors (Lipinski definition) is 2. The van der Waals surface area contributed by atoms with Gasteiger partial charge >= 0.3 is 0 Å². The molecule has 1 heterocycles. The molecule has 0 saturated heterocycles. The van der Waals surface area contributed by atoms with Crippen LogP contribution < -0.4 is 5.32 Å². The second-order valence-electron chi connectivity index (χ2n) is 5.28. The molecule has 106 valence electrons. The van der Waals surface area contributed by atoms with Gasteiger partial charge in [-0.15, -0.1) is 0 Å². The Labute approximate surface area is 125 Å². The number of rotatable bonds is 4. The van der Waals surface area contributed by atoms with Crippen molar-refractivity contribution in [1.82, 2.24) is 10.3 Å². The molecule has 0 fully saturated rings. The van der Waals surface area contributed by atoms with Gasteiger partial charge in [0.25, 0.3) is 0 Å². The highest BCUT2D eigenvalue weighted by atomic mass is 14.9. The van der Waals surface area contributed by atoms with Gasteiger partial charge in [0.2, 0.25) is 0 Å². The van der Waals surface area contributed by atoms with Crippen molar-refractivity contribution in [2.75, 3.05) is 7.05 Å². The average Bonchev–Trinajstić information content (AvgIpc) is 2.56. The van der Waals surface area contributed by atoms with Gasteiger partial charge in [-0.2, -0.15) is 0 Å². The summed E-state index contributed by atoms with van der Waals surface area (Å²) in [6, 6.07) is 19.7. The third kappa shape index (κ3) is 2.81. The first kappa shape index (κ1) is 13.8. The normalized spacial score (nSPS) is 12.5. The minimum atomic E-state index is 0.428. The van der Waals surface area contributed by atoms with Gasteiger partial charge < -0.3 is 5.32 Å². The fraction of sp³-hybridized carbons (Fsp3) is 0.211. The molecule has 1 atom stereocenters. The Morgan fingerprint density at radius 1 is 1.00 bits per heavy atom. The predicted molar refractivity (Wildman–Crippen MR) is 89.3 cm³/mol. The Morgan fingerprint density at radius 2 is 1.76 bits per heavy atom. The molecule has 0 radical (unpaired) electrons. The first-order valence-corrected chi connectivity index (χ1v) is 7.44. The molecule has 0 aliphatic rings. The van der Waals surface area contributed by atoms with Gasteiger partial charge in [-0.3, -0.25) is 4.98 Å². The lowest BCUT2D eigenvalue weighted by atomic mass is 9.99. The Balaban J connectivity index is 1.95. The summed E-state index contributed by atoms with van der Waals surface area (Å²) in [5.41, 5.74) is 4.82. The molecule has 0 saturated carbocycles. The van der Waals surface area contributed by atoms with E-state index < -0.39 is 0 Å². The lowest BCUT2D eigenvalue weighted by molar-refractivity contribution is 0.577. The van der Waals surface area contributed by atoms with Crippen LogP contribution in [-0.2, 0) is 0 Å². The summed E-state index contributed by atoms with van der Waals surface area (Å²) in [6.07, 6.45) is 2.93. The molecule has 0 amide bonds. The summed E-state index contributed by atoms with van der Waals surface area (Å²) in [4.78, 5) is 4.43. The van der Waals surface area contributed by atoms with Gasteiger partial charge in [-0.1, -0.05) is 49.4 Å². The summed E-state index contributed by atoms with van der Waals surface area (Å²) >= 11 is 0. The van der Waals surface area contributed by atoms with E-state index in [0.29, 0.717) is 6.04 Å². The zero-order valence-electron chi connectivity index (χ0n) is 12.5. The van der Waals surface area contributed by atoms with E-state index in [9.17, 15) is 0 Å². The van der Waals surface area contributed by atoms with E-state index >= 15 is 0 Å². The first-order chi connectivity index (χ1) is 10.3. The van der Waals surface area contributed by atoms with Crippen LogP contribution in [-0.4, -0.2) is 12.0 Å². The standard InChI is InChI=1S/C19H20N2/c1-3-18(20-2)16-8-6-14(7-9-16)17-11-10-15-5-4-12-21-19(15)13-17/h4-13,18,20H,3H2,1-2H3. The Hall–Kier alpha value is -2.19. The summed E-state index contributed by atoms with van der Waals surface area (Å²) in [5, 5.41) is 4.52. The third-order valence-electron chi connectivity index (χ3n) is 4.01. The van der Waals surface area contributed by atoms with Crippen LogP contribution in [0.25, 0.3) is 22.0 Å². The number of hydrogen-bond donors (Lipinski definition) is 1. The van der Waals surface area contributed by atoms with Crippen molar-refractivity contribution in [2.24, 2.45) is 0 Å². The van der Waals surface area contributed by atoms with Crippen LogP contribution >= 0.6 is 0 Å². The molecular formula is C19H20N2. The van der Waals surface area contributed by atoms with Crippen LogP contribution in [0.1, 0.15) is 24.9 Å². The topological polar surface area (TPSA) is 24.9 Å². The molecule has 0 aliphatic carbocycles. The summed E-state index contributed by atoms with van der Waals surface area (Å²) < 4.78 is 0. The molecule has 3 rings (SSSR count). The molecule has 1 unspecified atom stereocenters. The fourth-order valence-electron chi connectivity index (χ4n) is 2.76. The molecule has 1 N–H and O–H groups in total. The molecule has 2 nitrogen and oxygen atoms in total. The van der Waals surface area contributed by atoms with Crippen molar-refractivity contribution in [2.45, 2.75) is 19.4 Å². The lowest BCUT2D eigenvalue weighted by Gasteiger charge is -2.14. The van der Waals surface area contributed by atoms with Crippen LogP contribution in [0.5, 0.6) is 0 Å². The highest BCUT2D eigenvalue weighted by Crippen LogP contribution is 2.25. The van der Waals surface area contributed by atoms with Crippen LogP contribution in [0, 0.1) is 0 Å². The van der Waals surface area contributed by atoms with Gasteiger partial charge in [0, 0.05) is 17.6 Å². The minimum absolute atomic E-state index is 0.428. The van der Waals surface area contributed by atoms with Gasteiger partial charge in [0.05, 0.1) is 5.52 Å². The maximum Gasteiger partial charge on any atom is 0.0708 e. The second kappa shape index (κ2) is 6.06.